The van der Waals surface area contributed by atoms with Gasteiger partial charge in [0.05, 0.1) is 47.7 Å². The van der Waals surface area contributed by atoms with Gasteiger partial charge < -0.3 is 47.9 Å². The largest absolute Gasteiger partial charge is 0.457 e. The Morgan fingerprint density at radius 1 is 0.364 bits per heavy atom. The van der Waals surface area contributed by atoms with Crippen LogP contribution in [-0.2, 0) is 31.9 Å². The van der Waals surface area contributed by atoms with E-state index in [9.17, 15) is 0 Å². The highest BCUT2D eigenvalue weighted by Gasteiger charge is 2.47. The van der Waals surface area contributed by atoms with Crippen LogP contribution >= 0.6 is 0 Å². The van der Waals surface area contributed by atoms with E-state index in [1.165, 1.54) is 0 Å². The first-order valence-corrected chi connectivity index (χ1v) is 37.0. The molecule has 4 aliphatic heterocycles. The third kappa shape index (κ3) is 11.6. The van der Waals surface area contributed by atoms with Gasteiger partial charge in [0, 0.05) is 90.6 Å². The fraction of sp³-hybridized carbons (Fsp3) is 0.196. The lowest BCUT2D eigenvalue weighted by Gasteiger charge is -2.36. The number of nitrogens with one attached hydrogen (secondary N) is 2. The summed E-state index contributed by atoms with van der Waals surface area (Å²) in [6.45, 7) is 16.7. The number of amides is 6. The summed E-state index contributed by atoms with van der Waals surface area (Å²) in [6.07, 6.45) is -0.853. The highest BCUT2D eigenvalue weighted by molar-refractivity contribution is 6.45. The number of hydrogen-bond donors (Lipinski definition) is 2. The zero-order valence-corrected chi connectivity index (χ0v) is 61.5. The Morgan fingerprint density at radius 2 is 0.645 bits per heavy atom. The summed E-state index contributed by atoms with van der Waals surface area (Å²) in [5.41, 5.74) is 10.3. The quantitative estimate of drug-likeness (QED) is 0.0314. The van der Waals surface area contributed by atoms with Crippen LogP contribution in [0.2, 0.25) is 0 Å². The second-order valence-corrected chi connectivity index (χ2v) is 30.0. The number of carbonyl (C=O) groups excluding carboxylic acids is 6. The number of ether oxygens (including phenoxy) is 6. The van der Waals surface area contributed by atoms with Gasteiger partial charge in [-0.2, -0.15) is 0 Å². The fourth-order valence-corrected chi connectivity index (χ4v) is 16.9. The molecule has 2 aromatic heterocycles. The summed E-state index contributed by atoms with van der Waals surface area (Å²) in [6, 6.07) is 53.1. The molecule has 0 spiro atoms. The number of furan rings is 2. The topological polar surface area (TPSA) is 221 Å². The van der Waals surface area contributed by atoms with Crippen LogP contribution in [0.3, 0.4) is 0 Å². The average molecular weight is 1460 g/mol. The fourth-order valence-electron chi connectivity index (χ4n) is 16.9. The van der Waals surface area contributed by atoms with Crippen molar-refractivity contribution in [2.24, 2.45) is 0 Å². The number of aryl methyl sites for hydroxylation is 8. The van der Waals surface area contributed by atoms with Crippen molar-refractivity contribution in [3.63, 3.8) is 0 Å². The maximum absolute atomic E-state index is 16.8. The predicted molar refractivity (Wildman–Crippen MR) is 421 cm³/mol. The number of imide groups is 2. The molecule has 110 heavy (non-hydrogen) atoms. The van der Waals surface area contributed by atoms with Crippen molar-refractivity contribution in [2.75, 3.05) is 26.3 Å². The van der Waals surface area contributed by atoms with Gasteiger partial charge in [-0.3, -0.25) is 38.6 Å². The molecule has 4 aliphatic rings. The van der Waals surface area contributed by atoms with Crippen molar-refractivity contribution in [3.8, 4) is 46.0 Å². The first-order valence-electron chi connectivity index (χ1n) is 37.0. The minimum absolute atomic E-state index is 0.00158. The lowest BCUT2D eigenvalue weighted by Crippen LogP contribution is -2.55. The highest BCUT2D eigenvalue weighted by atomic mass is 16.6. The van der Waals surface area contributed by atoms with E-state index in [1.807, 2.05) is 213 Å². The third-order valence-corrected chi connectivity index (χ3v) is 21.5. The molecule has 6 heterocycles. The number of epoxide rings is 2. The van der Waals surface area contributed by atoms with Gasteiger partial charge in [0.1, 0.15) is 80.4 Å². The maximum atomic E-state index is 16.8. The predicted octanol–water partition coefficient (Wildman–Crippen LogP) is 18.6. The lowest BCUT2D eigenvalue weighted by atomic mass is 9.80. The van der Waals surface area contributed by atoms with Gasteiger partial charge in [0.25, 0.3) is 23.6 Å². The van der Waals surface area contributed by atoms with Crippen LogP contribution in [0, 0.1) is 55.4 Å². The minimum Gasteiger partial charge on any atom is -0.457 e. The van der Waals surface area contributed by atoms with Crippen molar-refractivity contribution >= 4 is 122 Å². The molecule has 0 radical (unpaired) electrons. The molecule has 6 amide bonds. The van der Waals surface area contributed by atoms with E-state index >= 15 is 28.8 Å². The molecule has 0 saturated carbocycles. The van der Waals surface area contributed by atoms with Crippen LogP contribution in [0.15, 0.2) is 191 Å². The molecule has 4 unspecified atom stereocenters. The summed E-state index contributed by atoms with van der Waals surface area (Å²) >= 11 is 0. The summed E-state index contributed by atoms with van der Waals surface area (Å²) in [4.78, 5) is 100. The summed E-state index contributed by atoms with van der Waals surface area (Å²) < 4.78 is 54.1. The van der Waals surface area contributed by atoms with E-state index in [0.717, 1.165) is 75.9 Å². The summed E-state index contributed by atoms with van der Waals surface area (Å²) in [5.74, 6) is -2.55. The molecule has 13 aromatic carbocycles. The normalized spacial score (nSPS) is 15.9. The Labute approximate surface area is 630 Å². The smallest absolute Gasteiger partial charge is 0.262 e. The van der Waals surface area contributed by atoms with Gasteiger partial charge in [-0.15, -0.1) is 0 Å². The Bertz CT molecular complexity index is 5850. The molecule has 2 saturated heterocycles. The number of fused-ring (bicyclic) bond motifs is 8. The zero-order chi connectivity index (χ0) is 75.4. The molecule has 2 fully saturated rings. The van der Waals surface area contributed by atoms with Crippen LogP contribution in [0.25, 0.3) is 87.0 Å². The number of hydrogen-bond acceptors (Lipinski definition) is 14. The molecule has 544 valence electrons. The number of para-hydroxylation sites is 4. The summed E-state index contributed by atoms with van der Waals surface area (Å²) in [7, 11) is 0. The second kappa shape index (κ2) is 25.9. The minimum atomic E-state index is -1.49. The van der Waals surface area contributed by atoms with Crippen molar-refractivity contribution in [2.45, 2.75) is 92.5 Å². The average Bonchev–Trinajstić information content (AvgIpc) is 0.811. The van der Waals surface area contributed by atoms with E-state index < -0.39 is 47.5 Å². The van der Waals surface area contributed by atoms with Crippen molar-refractivity contribution in [3.05, 3.63) is 260 Å². The van der Waals surface area contributed by atoms with Crippen LogP contribution in [0.5, 0.6) is 46.0 Å². The number of carbonyl (C=O) groups is 6. The Kier molecular flexibility index (Phi) is 16.0. The van der Waals surface area contributed by atoms with Gasteiger partial charge in [-0.25, -0.2) is 0 Å². The van der Waals surface area contributed by atoms with Crippen molar-refractivity contribution in [1.29, 1.82) is 0 Å². The number of benzene rings is 13. The van der Waals surface area contributed by atoms with Gasteiger partial charge >= 0.3 is 0 Å². The van der Waals surface area contributed by atoms with Gasteiger partial charge in [-0.1, -0.05) is 97.1 Å². The first-order chi connectivity index (χ1) is 53.2. The molecule has 0 bridgehead atoms. The SMILES string of the molecule is Cc1cc(C)cc(Oc2cc3c4c(cc(Oc5cc(C)cc(C)c5)c5c6c(Oc7cc(C)cc(C)c7)cc7c8c(cc(Oc9cc(C)cc(C)c9)c(c2c45)c86)C(=O)N(C(Cc2cccc4c2oc2ccccc24)C(=O)NCC2CO2)C7=O)C(=O)N(C(Cc2cccc4c2oc2ccccc24)C(=O)NCC2CO2)C3=O)c1. The Hall–Kier alpha value is -12.9. The number of nitrogens with zero attached hydrogens (tertiary/aromatic N) is 2. The van der Waals surface area contributed by atoms with Crippen LogP contribution in [-0.4, -0.2) is 95.8 Å². The molecule has 18 heteroatoms. The van der Waals surface area contributed by atoms with Gasteiger partial charge in [0.15, 0.2) is 0 Å². The van der Waals surface area contributed by atoms with Crippen LogP contribution in [0.1, 0.15) is 97.1 Å². The lowest BCUT2D eigenvalue weighted by molar-refractivity contribution is -0.125. The molecule has 0 aliphatic carbocycles. The third-order valence-electron chi connectivity index (χ3n) is 21.5. The molecule has 2 N–H and O–H groups in total. The molecule has 4 atom stereocenters. The van der Waals surface area contributed by atoms with E-state index in [0.29, 0.717) is 91.2 Å². The van der Waals surface area contributed by atoms with E-state index in [4.69, 9.17) is 37.3 Å². The van der Waals surface area contributed by atoms with E-state index in [1.54, 1.807) is 24.3 Å². The molecule has 15 aromatic rings. The van der Waals surface area contributed by atoms with Crippen molar-refractivity contribution < 1.29 is 66.0 Å². The van der Waals surface area contributed by atoms with Gasteiger partial charge in [0.2, 0.25) is 11.8 Å². The van der Waals surface area contributed by atoms with Crippen LogP contribution in [0.4, 0.5) is 0 Å². The molecular formula is C92H72N4O14. The van der Waals surface area contributed by atoms with Gasteiger partial charge in [-0.05, 0) is 196 Å². The first kappa shape index (κ1) is 67.7. The maximum Gasteiger partial charge on any atom is 0.262 e. The monoisotopic (exact) mass is 1460 g/mol. The second-order valence-electron chi connectivity index (χ2n) is 30.0. The number of rotatable bonds is 20. The Balaban J connectivity index is 0.927. The molecular weight excluding hydrogens is 1390 g/mol. The van der Waals surface area contributed by atoms with E-state index in [2.05, 4.69) is 10.6 Å². The van der Waals surface area contributed by atoms with Crippen molar-refractivity contribution in [1.82, 2.24) is 20.4 Å². The van der Waals surface area contributed by atoms with E-state index in [-0.39, 0.29) is 105 Å². The molecule has 19 rings (SSSR count). The standard InChI is InChI=1S/C92H72N4O14/c1-45-23-46(2)28-55(27-45)105-73-37-65-77-66(90(100)95(89(65)99)69(87(97)93-41-59-43-103-59)35-53-15-13-19-63-61-17-9-11-21-71(61)109-85(53)63)39-75(107-57-31-49(5)25-50(6)32-57)81-82-76(108-58-33-51(7)26-52(8)34-58)40-68-78-67(38-74(80(84(78)82)79(73)83(77)81)106-56-29-47(3)24-48(4)30-56)91(101)96(92(68)102)70(88(98)94-42-60-44-104-60)36-54-16-14-20-64-62-18-10-12-22-72(62)110-86(54)64/h9-34,37-40,59-60,69-70H,35-36,41-44H2,1-8H3,(H,93,97)(H,94,98). The zero-order valence-electron chi connectivity index (χ0n) is 61.5. The van der Waals surface area contributed by atoms with Crippen LogP contribution < -0.4 is 29.6 Å². The summed E-state index contributed by atoms with van der Waals surface area (Å²) in [5, 5.41) is 11.5. The highest BCUT2D eigenvalue weighted by Crippen LogP contribution is 2.59. The Morgan fingerprint density at radius 3 is 0.936 bits per heavy atom. The molecule has 18 nitrogen and oxygen atoms in total.